The van der Waals surface area contributed by atoms with Gasteiger partial charge in [-0.15, -0.1) is 0 Å². The SMILES string of the molecule is CCC[C@]12O[C@@H](n3ccc(N)nc3=O)[C@H](F)[C@@]1(O)C2OP(=O)(O)OP(=O)(O)OP(=O)(O)O. The lowest BCUT2D eigenvalue weighted by atomic mass is 10.1. The minimum Gasteiger partial charge on any atom is -0.383 e. The smallest absolute Gasteiger partial charge is 0.383 e. The Morgan fingerprint density at radius 2 is 1.88 bits per heavy atom. The second kappa shape index (κ2) is 8.01. The Hall–Kier alpha value is -1.06. The molecule has 1 saturated carbocycles. The van der Waals surface area contributed by atoms with Crippen LogP contribution in [-0.2, 0) is 31.6 Å². The van der Waals surface area contributed by atoms with Gasteiger partial charge in [0.1, 0.15) is 17.5 Å². The molecule has 16 nitrogen and oxygen atoms in total. The number of fused-ring (bicyclic) bond motifs is 1. The number of anilines is 1. The van der Waals surface area contributed by atoms with Crippen LogP contribution in [0.4, 0.5) is 10.2 Å². The van der Waals surface area contributed by atoms with Crippen molar-refractivity contribution in [1.82, 2.24) is 9.55 Å². The number of nitrogens with zero attached hydrogens (tertiary/aromatic N) is 2. The minimum absolute atomic E-state index is 0.155. The van der Waals surface area contributed by atoms with Crippen molar-refractivity contribution in [2.45, 2.75) is 49.5 Å². The molecule has 1 aliphatic heterocycles. The predicted molar refractivity (Wildman–Crippen MR) is 99.3 cm³/mol. The summed E-state index contributed by atoms with van der Waals surface area (Å²) >= 11 is 0. The second-order valence-electron chi connectivity index (χ2n) is 6.99. The van der Waals surface area contributed by atoms with Crippen LogP contribution >= 0.6 is 23.5 Å². The highest BCUT2D eigenvalue weighted by Gasteiger charge is 2.89. The summed E-state index contributed by atoms with van der Waals surface area (Å²) in [5.41, 5.74) is -0.200. The maximum Gasteiger partial charge on any atom is 0.490 e. The summed E-state index contributed by atoms with van der Waals surface area (Å²) in [6.45, 7) is 1.59. The molecule has 182 valence electrons. The standard InChI is InChI=1S/C12H19FN3O13P3/c1-2-4-11-9(27-31(22,23)29-32(24,25)28-30(19,20)21)12(11,18)7(13)8(26-11)16-5-3-6(14)15-10(16)17/h3,5,7-9,18H,2,4H2,1H3,(H,22,23)(H,24,25)(H2,14,15,17)(H2,19,20,21)/t7-,8+,9?,11+,12+/m0/s1. The molecular weight excluding hydrogens is 506 g/mol. The van der Waals surface area contributed by atoms with Gasteiger partial charge in [0.15, 0.2) is 18.0 Å². The quantitative estimate of drug-likeness (QED) is 0.226. The lowest BCUT2D eigenvalue weighted by Crippen LogP contribution is -2.38. The van der Waals surface area contributed by atoms with Gasteiger partial charge in [-0.05, 0) is 12.5 Å². The Morgan fingerprint density at radius 3 is 2.41 bits per heavy atom. The molecule has 2 aliphatic rings. The maximum absolute atomic E-state index is 15.2. The molecule has 2 heterocycles. The predicted octanol–water partition coefficient (Wildman–Crippen LogP) is -0.312. The number of alkyl halides is 1. The van der Waals surface area contributed by atoms with E-state index in [4.69, 9.17) is 20.3 Å². The molecule has 0 radical (unpaired) electrons. The molecule has 2 fully saturated rings. The van der Waals surface area contributed by atoms with Crippen LogP contribution in [-0.4, -0.2) is 57.7 Å². The van der Waals surface area contributed by atoms with Gasteiger partial charge in [-0.1, -0.05) is 13.3 Å². The van der Waals surface area contributed by atoms with E-state index in [9.17, 15) is 33.4 Å². The first kappa shape index (κ1) is 25.6. The van der Waals surface area contributed by atoms with Gasteiger partial charge >= 0.3 is 29.2 Å². The summed E-state index contributed by atoms with van der Waals surface area (Å²) in [5.74, 6) is -0.155. The highest BCUT2D eigenvalue weighted by molar-refractivity contribution is 7.66. The first-order valence-corrected chi connectivity index (χ1v) is 13.2. The molecule has 0 bridgehead atoms. The van der Waals surface area contributed by atoms with Crippen molar-refractivity contribution in [3.8, 4) is 0 Å². The average Bonchev–Trinajstić information content (AvgIpc) is 2.95. The van der Waals surface area contributed by atoms with Gasteiger partial charge in [-0.2, -0.15) is 13.6 Å². The third kappa shape index (κ3) is 4.49. The molecular formula is C12H19FN3O13P3. The zero-order chi connectivity index (χ0) is 24.3. The Bertz CT molecular complexity index is 1110. The second-order valence-corrected chi connectivity index (χ2v) is 11.4. The number of nitrogen functional groups attached to an aromatic ring is 1. The van der Waals surface area contributed by atoms with E-state index in [1.807, 2.05) is 0 Å². The molecule has 1 aliphatic carbocycles. The normalized spacial score (nSPS) is 35.7. The van der Waals surface area contributed by atoms with Crippen molar-refractivity contribution in [3.63, 3.8) is 0 Å². The lowest BCUT2D eigenvalue weighted by molar-refractivity contribution is -0.0939. The Morgan fingerprint density at radius 1 is 1.25 bits per heavy atom. The van der Waals surface area contributed by atoms with E-state index in [1.165, 1.54) is 6.07 Å². The number of rotatable bonds is 9. The summed E-state index contributed by atoms with van der Waals surface area (Å²) < 4.78 is 67.5. The van der Waals surface area contributed by atoms with Crippen LogP contribution in [0.15, 0.2) is 17.1 Å². The number of hydrogen-bond acceptors (Lipinski definition) is 11. The first-order chi connectivity index (χ1) is 14.5. The number of aliphatic hydroxyl groups is 1. The highest BCUT2D eigenvalue weighted by atomic mass is 31.3. The van der Waals surface area contributed by atoms with Crippen molar-refractivity contribution >= 4 is 29.3 Å². The van der Waals surface area contributed by atoms with Crippen LogP contribution in [0.2, 0.25) is 0 Å². The van der Waals surface area contributed by atoms with E-state index in [1.54, 1.807) is 6.92 Å². The fourth-order valence-electron chi connectivity index (χ4n) is 3.68. The molecule has 3 unspecified atom stereocenters. The molecule has 1 aromatic heterocycles. The third-order valence-corrected chi connectivity index (χ3v) is 8.63. The van der Waals surface area contributed by atoms with Crippen molar-refractivity contribution in [2.75, 3.05) is 5.73 Å². The van der Waals surface area contributed by atoms with E-state index in [0.717, 1.165) is 6.20 Å². The zero-order valence-corrected chi connectivity index (χ0v) is 18.7. The van der Waals surface area contributed by atoms with Crippen molar-refractivity contribution < 1.29 is 60.6 Å². The largest absolute Gasteiger partial charge is 0.490 e. The van der Waals surface area contributed by atoms with E-state index >= 15 is 4.39 Å². The van der Waals surface area contributed by atoms with Gasteiger partial charge in [-0.25, -0.2) is 22.9 Å². The van der Waals surface area contributed by atoms with Crippen LogP contribution in [0.1, 0.15) is 26.0 Å². The molecule has 20 heteroatoms. The van der Waals surface area contributed by atoms with E-state index in [0.29, 0.717) is 4.57 Å². The molecule has 7 atom stereocenters. The molecule has 0 amide bonds. The number of ether oxygens (including phenoxy) is 1. The summed E-state index contributed by atoms with van der Waals surface area (Å²) in [5, 5.41) is 10.8. The Balaban J connectivity index is 1.84. The monoisotopic (exact) mass is 525 g/mol. The average molecular weight is 525 g/mol. The molecule has 7 N–H and O–H groups in total. The summed E-state index contributed by atoms with van der Waals surface area (Å²) in [6, 6.07) is 1.17. The van der Waals surface area contributed by atoms with Gasteiger partial charge < -0.3 is 35.2 Å². The van der Waals surface area contributed by atoms with E-state index < -0.39 is 58.9 Å². The summed E-state index contributed by atoms with van der Waals surface area (Å²) in [4.78, 5) is 51.5. The molecule has 1 aromatic rings. The van der Waals surface area contributed by atoms with E-state index in [-0.39, 0.29) is 18.7 Å². The van der Waals surface area contributed by atoms with Gasteiger partial charge in [0, 0.05) is 6.20 Å². The van der Waals surface area contributed by atoms with Gasteiger partial charge in [0.2, 0.25) is 0 Å². The number of aromatic nitrogens is 2. The van der Waals surface area contributed by atoms with Crippen LogP contribution in [0.5, 0.6) is 0 Å². The number of hydrogen-bond donors (Lipinski definition) is 6. The number of nitrogens with two attached hydrogens (primary N) is 1. The van der Waals surface area contributed by atoms with Crippen LogP contribution < -0.4 is 11.4 Å². The molecule has 0 aromatic carbocycles. The minimum atomic E-state index is -5.82. The first-order valence-electron chi connectivity index (χ1n) is 8.69. The van der Waals surface area contributed by atoms with Crippen LogP contribution in [0.25, 0.3) is 0 Å². The fourth-order valence-corrected chi connectivity index (χ4v) is 6.94. The highest BCUT2D eigenvalue weighted by Crippen LogP contribution is 2.73. The molecule has 32 heavy (non-hydrogen) atoms. The number of halogens is 1. The number of phosphoric acid groups is 3. The third-order valence-electron chi connectivity index (χ3n) is 4.82. The molecule has 3 rings (SSSR count). The zero-order valence-electron chi connectivity index (χ0n) is 16.0. The van der Waals surface area contributed by atoms with Gasteiger partial charge in [0.05, 0.1) is 0 Å². The summed E-state index contributed by atoms with van der Waals surface area (Å²) in [7, 11) is -17.1. The van der Waals surface area contributed by atoms with Gasteiger partial charge in [-0.3, -0.25) is 9.09 Å². The van der Waals surface area contributed by atoms with Crippen LogP contribution in [0.3, 0.4) is 0 Å². The Kier molecular flexibility index (Phi) is 6.40. The van der Waals surface area contributed by atoms with Crippen LogP contribution in [0, 0.1) is 0 Å². The van der Waals surface area contributed by atoms with E-state index in [2.05, 4.69) is 18.1 Å². The lowest BCUT2D eigenvalue weighted by Gasteiger charge is -2.25. The topological polar surface area (TPSA) is 250 Å². The van der Waals surface area contributed by atoms with Crippen molar-refractivity contribution in [2.24, 2.45) is 0 Å². The van der Waals surface area contributed by atoms with Crippen molar-refractivity contribution in [3.05, 3.63) is 22.7 Å². The number of phosphoric ester groups is 1. The molecule has 1 saturated heterocycles. The maximum atomic E-state index is 15.2. The van der Waals surface area contributed by atoms with Gasteiger partial charge in [0.25, 0.3) is 0 Å². The fraction of sp³-hybridized carbons (Fsp3) is 0.667. The summed E-state index contributed by atoms with van der Waals surface area (Å²) in [6.07, 6.45) is -4.91. The molecule has 0 spiro atoms. The Labute approximate surface area is 178 Å². The van der Waals surface area contributed by atoms with Crippen molar-refractivity contribution in [1.29, 1.82) is 0 Å².